The van der Waals surface area contributed by atoms with Crippen molar-refractivity contribution in [1.29, 1.82) is 0 Å². The zero-order chi connectivity index (χ0) is 21.9. The monoisotopic (exact) mass is 427 g/mol. The molecule has 0 radical (unpaired) electrons. The summed E-state index contributed by atoms with van der Waals surface area (Å²) < 4.78 is 40.6. The van der Waals surface area contributed by atoms with Gasteiger partial charge in [0, 0.05) is 13.2 Å². The molecule has 1 aliphatic rings. The number of fused-ring (bicyclic) bond motifs is 4. The maximum atomic E-state index is 13.1. The number of pyridine rings is 2. The number of anilines is 1. The molecule has 0 bridgehead atoms. The molecular formula is C20H16F3N7O. The lowest BCUT2D eigenvalue weighted by molar-refractivity contribution is -0.137. The molecule has 4 aromatic heterocycles. The fourth-order valence-electron chi connectivity index (χ4n) is 4.00. The Hall–Kier alpha value is -3.76. The van der Waals surface area contributed by atoms with Gasteiger partial charge >= 0.3 is 6.18 Å². The Morgan fingerprint density at radius 3 is 2.77 bits per heavy atom. The molecule has 11 heteroatoms. The van der Waals surface area contributed by atoms with E-state index in [-0.39, 0.29) is 11.6 Å². The molecule has 8 nitrogen and oxygen atoms in total. The molecule has 31 heavy (non-hydrogen) atoms. The number of nitrogens with zero attached hydrogens (tertiary/aromatic N) is 6. The van der Waals surface area contributed by atoms with Crippen LogP contribution in [0.25, 0.3) is 16.6 Å². The average molecular weight is 427 g/mol. The molecule has 5 rings (SSSR count). The van der Waals surface area contributed by atoms with Crippen LogP contribution >= 0.6 is 0 Å². The standard InChI is InChI=1S/C20H16F3N7O/c1-29(14-3-2-10-4-11(20(21,22)23)6-27-17(10)14)19(31)12-5-15-13(7-26-12)28-18(24)16-8-25-9-30(15)16/h4-9,14H,2-3H2,1H3,(H2,24,28)/t14-/m1/s1. The summed E-state index contributed by atoms with van der Waals surface area (Å²) in [7, 11) is 1.60. The molecule has 158 valence electrons. The van der Waals surface area contributed by atoms with Gasteiger partial charge in [0.15, 0.2) is 0 Å². The first-order valence-electron chi connectivity index (χ1n) is 9.44. The third-order valence-electron chi connectivity index (χ3n) is 5.60. The average Bonchev–Trinajstić information content (AvgIpc) is 3.39. The summed E-state index contributed by atoms with van der Waals surface area (Å²) in [5, 5.41) is 0. The maximum absolute atomic E-state index is 13.1. The van der Waals surface area contributed by atoms with Crippen LogP contribution in [0, 0.1) is 0 Å². The molecule has 1 aliphatic carbocycles. The summed E-state index contributed by atoms with van der Waals surface area (Å²) >= 11 is 0. The van der Waals surface area contributed by atoms with E-state index < -0.39 is 17.8 Å². The minimum absolute atomic E-state index is 0.178. The third-order valence-corrected chi connectivity index (χ3v) is 5.60. The number of rotatable bonds is 2. The molecule has 0 spiro atoms. The van der Waals surface area contributed by atoms with Crippen molar-refractivity contribution in [2.75, 3.05) is 12.8 Å². The van der Waals surface area contributed by atoms with Gasteiger partial charge in [-0.05, 0) is 30.5 Å². The van der Waals surface area contributed by atoms with Crippen LogP contribution in [-0.2, 0) is 12.6 Å². The van der Waals surface area contributed by atoms with Crippen LogP contribution in [0.4, 0.5) is 19.0 Å². The van der Waals surface area contributed by atoms with E-state index in [1.165, 1.54) is 11.1 Å². The number of carbonyl (C=O) groups excluding carboxylic acids is 1. The minimum Gasteiger partial charge on any atom is -0.382 e. The molecule has 1 amide bonds. The van der Waals surface area contributed by atoms with Gasteiger partial charge in [0.25, 0.3) is 5.91 Å². The summed E-state index contributed by atoms with van der Waals surface area (Å²) in [6.07, 6.45) is 1.88. The van der Waals surface area contributed by atoms with Gasteiger partial charge in [-0.25, -0.2) is 15.0 Å². The van der Waals surface area contributed by atoms with Crippen molar-refractivity contribution in [3.63, 3.8) is 0 Å². The van der Waals surface area contributed by atoms with Crippen molar-refractivity contribution in [3.05, 3.63) is 59.6 Å². The number of aromatic nitrogens is 5. The molecule has 2 N–H and O–H groups in total. The highest BCUT2D eigenvalue weighted by atomic mass is 19.4. The molecular weight excluding hydrogens is 411 g/mol. The number of amides is 1. The van der Waals surface area contributed by atoms with E-state index in [1.54, 1.807) is 30.0 Å². The molecule has 0 saturated heterocycles. The molecule has 4 aromatic rings. The third kappa shape index (κ3) is 3.04. The Balaban J connectivity index is 1.49. The largest absolute Gasteiger partial charge is 0.417 e. The number of hydrogen-bond acceptors (Lipinski definition) is 6. The summed E-state index contributed by atoms with van der Waals surface area (Å²) in [6, 6.07) is 2.28. The van der Waals surface area contributed by atoms with Crippen molar-refractivity contribution in [1.82, 2.24) is 29.2 Å². The Kier molecular flexibility index (Phi) is 4.11. The van der Waals surface area contributed by atoms with E-state index in [0.29, 0.717) is 46.5 Å². The number of hydrogen-bond donors (Lipinski definition) is 1. The molecule has 0 aliphatic heterocycles. The van der Waals surface area contributed by atoms with E-state index in [9.17, 15) is 18.0 Å². The lowest BCUT2D eigenvalue weighted by Gasteiger charge is -2.24. The van der Waals surface area contributed by atoms with Gasteiger partial charge in [-0.2, -0.15) is 13.2 Å². The Morgan fingerprint density at radius 2 is 2.00 bits per heavy atom. The zero-order valence-corrected chi connectivity index (χ0v) is 16.3. The number of nitrogens with two attached hydrogens (primary N) is 1. The summed E-state index contributed by atoms with van der Waals surface area (Å²) in [5.74, 6) is -0.0682. The van der Waals surface area contributed by atoms with E-state index in [0.717, 1.165) is 12.3 Å². The summed E-state index contributed by atoms with van der Waals surface area (Å²) in [5.41, 5.74) is 8.05. The number of alkyl halides is 3. The first-order valence-corrected chi connectivity index (χ1v) is 9.44. The maximum Gasteiger partial charge on any atom is 0.417 e. The molecule has 0 unspecified atom stereocenters. The fourth-order valence-corrected chi connectivity index (χ4v) is 4.00. The lowest BCUT2D eigenvalue weighted by atomic mass is 10.1. The van der Waals surface area contributed by atoms with Crippen molar-refractivity contribution in [2.24, 2.45) is 0 Å². The van der Waals surface area contributed by atoms with E-state index in [4.69, 9.17) is 5.73 Å². The first kappa shape index (κ1) is 19.2. The zero-order valence-electron chi connectivity index (χ0n) is 16.3. The van der Waals surface area contributed by atoms with Crippen LogP contribution in [0.3, 0.4) is 0 Å². The van der Waals surface area contributed by atoms with Gasteiger partial charge in [0.1, 0.15) is 22.5 Å². The van der Waals surface area contributed by atoms with Crippen LogP contribution in [0.15, 0.2) is 37.1 Å². The minimum atomic E-state index is -4.45. The number of aryl methyl sites for hydroxylation is 1. The topological polar surface area (TPSA) is 102 Å². The summed E-state index contributed by atoms with van der Waals surface area (Å²) in [4.78, 5) is 31.2. The fraction of sp³-hybridized carbons (Fsp3) is 0.250. The predicted molar refractivity (Wildman–Crippen MR) is 105 cm³/mol. The van der Waals surface area contributed by atoms with Crippen LogP contribution in [0.1, 0.15) is 39.8 Å². The molecule has 4 heterocycles. The molecule has 0 saturated carbocycles. The van der Waals surface area contributed by atoms with Gasteiger partial charge in [-0.3, -0.25) is 14.2 Å². The Labute approximate surface area is 173 Å². The smallest absolute Gasteiger partial charge is 0.382 e. The van der Waals surface area contributed by atoms with E-state index >= 15 is 0 Å². The number of carbonyl (C=O) groups is 1. The lowest BCUT2D eigenvalue weighted by Crippen LogP contribution is -2.31. The van der Waals surface area contributed by atoms with Gasteiger partial charge in [0.05, 0.1) is 41.5 Å². The molecule has 0 aromatic carbocycles. The second-order valence-corrected chi connectivity index (χ2v) is 7.44. The second-order valence-electron chi connectivity index (χ2n) is 7.44. The SMILES string of the molecule is CN(C(=O)c1cc2c(cn1)nc(N)c1cncn12)[C@@H]1CCc2cc(C(F)(F)F)cnc21. The highest BCUT2D eigenvalue weighted by molar-refractivity contribution is 5.96. The second kappa shape index (κ2) is 6.62. The van der Waals surface area contributed by atoms with Crippen LogP contribution in [0.5, 0.6) is 0 Å². The van der Waals surface area contributed by atoms with Crippen molar-refractivity contribution < 1.29 is 18.0 Å². The van der Waals surface area contributed by atoms with Crippen molar-refractivity contribution in [3.8, 4) is 0 Å². The molecule has 0 fully saturated rings. The first-order chi connectivity index (χ1) is 14.7. The van der Waals surface area contributed by atoms with Gasteiger partial charge < -0.3 is 10.6 Å². The van der Waals surface area contributed by atoms with E-state index in [1.807, 2.05) is 0 Å². The number of halogens is 3. The normalized spacial score (nSPS) is 16.1. The summed E-state index contributed by atoms with van der Waals surface area (Å²) in [6.45, 7) is 0. The predicted octanol–water partition coefficient (Wildman–Crippen LogP) is 3.03. The van der Waals surface area contributed by atoms with Crippen LogP contribution < -0.4 is 5.73 Å². The Bertz CT molecular complexity index is 1350. The van der Waals surface area contributed by atoms with Gasteiger partial charge in [-0.15, -0.1) is 0 Å². The number of imidazole rings is 1. The van der Waals surface area contributed by atoms with Crippen molar-refractivity contribution >= 4 is 28.3 Å². The molecule has 1 atom stereocenters. The van der Waals surface area contributed by atoms with Gasteiger partial charge in [0.2, 0.25) is 0 Å². The van der Waals surface area contributed by atoms with Crippen LogP contribution in [-0.4, -0.2) is 42.2 Å². The van der Waals surface area contributed by atoms with E-state index in [2.05, 4.69) is 19.9 Å². The van der Waals surface area contributed by atoms with Gasteiger partial charge in [-0.1, -0.05) is 0 Å². The number of nitrogen functional groups attached to an aromatic ring is 1. The van der Waals surface area contributed by atoms with Crippen molar-refractivity contribution in [2.45, 2.75) is 25.1 Å². The Morgan fingerprint density at radius 1 is 1.19 bits per heavy atom. The van der Waals surface area contributed by atoms with Crippen LogP contribution in [0.2, 0.25) is 0 Å². The highest BCUT2D eigenvalue weighted by Crippen LogP contribution is 2.37. The highest BCUT2D eigenvalue weighted by Gasteiger charge is 2.36. The quantitative estimate of drug-likeness (QED) is 0.528.